The Morgan fingerprint density at radius 1 is 1.24 bits per heavy atom. The third kappa shape index (κ3) is 4.49. The van der Waals surface area contributed by atoms with Gasteiger partial charge >= 0.3 is 0 Å². The lowest BCUT2D eigenvalue weighted by atomic mass is 10.0. The van der Waals surface area contributed by atoms with Crippen LogP contribution < -0.4 is 0 Å². The molecule has 0 amide bonds. The van der Waals surface area contributed by atoms with E-state index in [1.165, 1.54) is 0 Å². The molecule has 3 nitrogen and oxygen atoms in total. The topological polar surface area (TPSA) is 54.4 Å². The van der Waals surface area contributed by atoms with Gasteiger partial charge in [0, 0.05) is 5.56 Å². The van der Waals surface area contributed by atoms with Crippen molar-refractivity contribution in [2.45, 2.75) is 38.7 Å². The fourth-order valence-electron chi connectivity index (χ4n) is 1.56. The van der Waals surface area contributed by atoms with Gasteiger partial charge in [-0.25, -0.2) is 0 Å². The van der Waals surface area contributed by atoms with Crippen LogP contribution in [0.15, 0.2) is 30.3 Å². The van der Waals surface area contributed by atoms with Gasteiger partial charge in [0.2, 0.25) is 0 Å². The van der Waals surface area contributed by atoms with Gasteiger partial charge in [0.15, 0.2) is 11.6 Å². The van der Waals surface area contributed by atoms with Crippen LogP contribution >= 0.6 is 0 Å². The maximum Gasteiger partial charge on any atom is 0.170 e. The van der Waals surface area contributed by atoms with E-state index in [0.29, 0.717) is 12.0 Å². The van der Waals surface area contributed by atoms with Crippen LogP contribution in [0, 0.1) is 0 Å². The van der Waals surface area contributed by atoms with E-state index in [1.54, 1.807) is 24.3 Å². The number of carbonyl (C=O) groups is 2. The molecule has 1 atom stereocenters. The summed E-state index contributed by atoms with van der Waals surface area (Å²) < 4.78 is 0. The van der Waals surface area contributed by atoms with Gasteiger partial charge in [-0.1, -0.05) is 50.1 Å². The lowest BCUT2D eigenvalue weighted by Crippen LogP contribution is -2.23. The number of benzene rings is 1. The average molecular weight is 234 g/mol. The highest BCUT2D eigenvalue weighted by Crippen LogP contribution is 2.08. The molecule has 0 bridgehead atoms. The number of aliphatic hydroxyl groups is 1. The standard InChI is InChI=1S/C14H18O3/c1-2-3-9-12(15)14(17)10-13(16)11-7-5-4-6-8-11/h4-8,12,15H,2-3,9-10H2,1H3. The SMILES string of the molecule is CCCCC(O)C(=O)CC(=O)c1ccccc1. The van der Waals surface area contributed by atoms with Crippen LogP contribution in [0.25, 0.3) is 0 Å². The number of Topliss-reactive ketones (excluding diaryl/α,β-unsaturated/α-hetero) is 2. The first-order chi connectivity index (χ1) is 8.15. The van der Waals surface area contributed by atoms with Gasteiger partial charge in [-0.3, -0.25) is 9.59 Å². The molecule has 0 saturated heterocycles. The molecule has 1 aromatic carbocycles. The molecule has 0 heterocycles. The average Bonchev–Trinajstić information content (AvgIpc) is 2.36. The Labute approximate surface area is 101 Å². The lowest BCUT2D eigenvalue weighted by molar-refractivity contribution is -0.126. The fourth-order valence-corrected chi connectivity index (χ4v) is 1.56. The summed E-state index contributed by atoms with van der Waals surface area (Å²) in [5.74, 6) is -0.613. The Balaban J connectivity index is 2.49. The van der Waals surface area contributed by atoms with Crippen molar-refractivity contribution >= 4 is 11.6 Å². The van der Waals surface area contributed by atoms with Crippen LogP contribution in [0.3, 0.4) is 0 Å². The first kappa shape index (κ1) is 13.6. The summed E-state index contributed by atoms with van der Waals surface area (Å²) in [5.41, 5.74) is 0.517. The predicted octanol–water partition coefficient (Wildman–Crippen LogP) is 2.38. The highest BCUT2D eigenvalue weighted by Gasteiger charge is 2.18. The van der Waals surface area contributed by atoms with Crippen molar-refractivity contribution in [2.24, 2.45) is 0 Å². The van der Waals surface area contributed by atoms with E-state index in [9.17, 15) is 14.7 Å². The van der Waals surface area contributed by atoms with Crippen LogP contribution in [-0.2, 0) is 4.79 Å². The maximum absolute atomic E-state index is 11.7. The monoisotopic (exact) mass is 234 g/mol. The molecule has 0 fully saturated rings. The Hall–Kier alpha value is -1.48. The van der Waals surface area contributed by atoms with Crippen LogP contribution in [0.1, 0.15) is 43.0 Å². The molecule has 1 rings (SSSR count). The lowest BCUT2D eigenvalue weighted by Gasteiger charge is -2.08. The summed E-state index contributed by atoms with van der Waals surface area (Å²) in [7, 11) is 0. The smallest absolute Gasteiger partial charge is 0.170 e. The Morgan fingerprint density at radius 3 is 2.47 bits per heavy atom. The van der Waals surface area contributed by atoms with E-state index in [4.69, 9.17) is 0 Å². The van der Waals surface area contributed by atoms with Crippen LogP contribution in [0.5, 0.6) is 0 Å². The van der Waals surface area contributed by atoms with Gasteiger partial charge < -0.3 is 5.11 Å². The van der Waals surface area contributed by atoms with Gasteiger partial charge in [0.1, 0.15) is 6.10 Å². The van der Waals surface area contributed by atoms with Crippen LogP contribution in [0.2, 0.25) is 0 Å². The van der Waals surface area contributed by atoms with E-state index in [2.05, 4.69) is 0 Å². The molecule has 17 heavy (non-hydrogen) atoms. The molecule has 1 N–H and O–H groups in total. The molecule has 0 saturated carbocycles. The summed E-state index contributed by atoms with van der Waals surface area (Å²) >= 11 is 0. The largest absolute Gasteiger partial charge is 0.385 e. The van der Waals surface area contributed by atoms with E-state index < -0.39 is 6.10 Å². The molecule has 0 aliphatic carbocycles. The number of ketones is 2. The van der Waals surface area contributed by atoms with Crippen molar-refractivity contribution < 1.29 is 14.7 Å². The summed E-state index contributed by atoms with van der Waals surface area (Å²) in [6, 6.07) is 8.67. The van der Waals surface area contributed by atoms with E-state index >= 15 is 0 Å². The second-order valence-corrected chi connectivity index (χ2v) is 4.09. The van der Waals surface area contributed by atoms with Crippen molar-refractivity contribution in [1.29, 1.82) is 0 Å². The number of unbranched alkanes of at least 4 members (excludes halogenated alkanes) is 1. The molecule has 0 radical (unpaired) electrons. The number of hydrogen-bond donors (Lipinski definition) is 1. The summed E-state index contributed by atoms with van der Waals surface area (Å²) in [6.45, 7) is 1.99. The van der Waals surface area contributed by atoms with Crippen molar-refractivity contribution in [3.63, 3.8) is 0 Å². The number of aliphatic hydroxyl groups excluding tert-OH is 1. The molecule has 1 unspecified atom stereocenters. The summed E-state index contributed by atoms with van der Waals surface area (Å²) in [6.07, 6.45) is 0.956. The molecule has 0 spiro atoms. The van der Waals surface area contributed by atoms with Crippen LogP contribution in [-0.4, -0.2) is 22.8 Å². The Bertz CT molecular complexity index is 370. The summed E-state index contributed by atoms with van der Waals surface area (Å²) in [4.78, 5) is 23.3. The Kier molecular flexibility index (Phi) is 5.57. The number of rotatable bonds is 7. The normalized spacial score (nSPS) is 12.1. The molecular weight excluding hydrogens is 216 g/mol. The first-order valence-corrected chi connectivity index (χ1v) is 5.94. The van der Waals surface area contributed by atoms with E-state index in [1.807, 2.05) is 13.0 Å². The van der Waals surface area contributed by atoms with Crippen LogP contribution in [0.4, 0.5) is 0 Å². The van der Waals surface area contributed by atoms with E-state index in [-0.39, 0.29) is 18.0 Å². The van der Waals surface area contributed by atoms with Gasteiger partial charge in [-0.15, -0.1) is 0 Å². The van der Waals surface area contributed by atoms with Gasteiger partial charge in [-0.2, -0.15) is 0 Å². The Morgan fingerprint density at radius 2 is 1.88 bits per heavy atom. The number of hydrogen-bond acceptors (Lipinski definition) is 3. The molecule has 3 heteroatoms. The quantitative estimate of drug-likeness (QED) is 0.582. The minimum atomic E-state index is -0.998. The molecule has 92 valence electrons. The second kappa shape index (κ2) is 6.97. The maximum atomic E-state index is 11.7. The molecule has 1 aromatic rings. The van der Waals surface area contributed by atoms with Crippen molar-refractivity contribution in [3.8, 4) is 0 Å². The predicted molar refractivity (Wildman–Crippen MR) is 65.9 cm³/mol. The third-order valence-corrected chi connectivity index (χ3v) is 2.63. The van der Waals surface area contributed by atoms with Crippen molar-refractivity contribution in [3.05, 3.63) is 35.9 Å². The van der Waals surface area contributed by atoms with Crippen molar-refractivity contribution in [2.75, 3.05) is 0 Å². The summed E-state index contributed by atoms with van der Waals surface area (Å²) in [5, 5.41) is 9.54. The van der Waals surface area contributed by atoms with E-state index in [0.717, 1.165) is 12.8 Å². The minimum absolute atomic E-state index is 0.213. The molecule has 0 aliphatic rings. The first-order valence-electron chi connectivity index (χ1n) is 5.94. The molecule has 0 aromatic heterocycles. The van der Waals surface area contributed by atoms with Crippen molar-refractivity contribution in [1.82, 2.24) is 0 Å². The van der Waals surface area contributed by atoms with Gasteiger partial charge in [0.25, 0.3) is 0 Å². The second-order valence-electron chi connectivity index (χ2n) is 4.09. The molecule has 0 aliphatic heterocycles. The van der Waals surface area contributed by atoms with Gasteiger partial charge in [-0.05, 0) is 6.42 Å². The fraction of sp³-hybridized carbons (Fsp3) is 0.429. The zero-order chi connectivity index (χ0) is 12.7. The van der Waals surface area contributed by atoms with Gasteiger partial charge in [0.05, 0.1) is 6.42 Å². The number of carbonyl (C=O) groups excluding carboxylic acids is 2. The third-order valence-electron chi connectivity index (χ3n) is 2.63. The molecular formula is C14H18O3. The minimum Gasteiger partial charge on any atom is -0.385 e. The highest BCUT2D eigenvalue weighted by molar-refractivity contribution is 6.09. The zero-order valence-corrected chi connectivity index (χ0v) is 10.1. The zero-order valence-electron chi connectivity index (χ0n) is 10.1. The highest BCUT2D eigenvalue weighted by atomic mass is 16.3.